The van der Waals surface area contributed by atoms with Crippen LogP contribution >= 0.6 is 0 Å². The molecule has 0 saturated carbocycles. The molecule has 1 aliphatic rings. The Balaban J connectivity index is 2.04. The summed E-state index contributed by atoms with van der Waals surface area (Å²) in [4.78, 5) is 10.8. The molecular formula is C15H21NO5S. The maximum absolute atomic E-state index is 12.3. The molecule has 0 amide bonds. The normalized spacial score (nSPS) is 19.9. The highest BCUT2D eigenvalue weighted by Crippen LogP contribution is 2.16. The smallest absolute Gasteiger partial charge is 0.303 e. The molecule has 0 spiro atoms. The van der Waals surface area contributed by atoms with Gasteiger partial charge in [-0.3, -0.25) is 4.79 Å². The lowest BCUT2D eigenvalue weighted by molar-refractivity contribution is -0.137. The molecule has 0 aromatic heterocycles. The standard InChI is InChI=1S/C15H21NO5S/c17-15(18)7-6-13(10-12-4-2-1-3-5-12)16-22(19,20)14-8-9-21-11-14/h1-5,13-14,16H,6-11H2,(H,17,18). The highest BCUT2D eigenvalue weighted by Gasteiger charge is 2.31. The van der Waals surface area contributed by atoms with Crippen LogP contribution in [0, 0.1) is 0 Å². The van der Waals surface area contributed by atoms with E-state index in [2.05, 4.69) is 4.72 Å². The van der Waals surface area contributed by atoms with Gasteiger partial charge in [-0.1, -0.05) is 30.3 Å². The maximum atomic E-state index is 12.3. The molecule has 122 valence electrons. The predicted octanol–water partition coefficient (Wildman–Crippen LogP) is 1.17. The Labute approximate surface area is 130 Å². The first-order chi connectivity index (χ1) is 10.5. The summed E-state index contributed by atoms with van der Waals surface area (Å²) < 4.78 is 32.5. The molecule has 1 fully saturated rings. The van der Waals surface area contributed by atoms with Crippen LogP contribution in [0.1, 0.15) is 24.8 Å². The van der Waals surface area contributed by atoms with Crippen molar-refractivity contribution in [3.05, 3.63) is 35.9 Å². The van der Waals surface area contributed by atoms with Crippen LogP contribution < -0.4 is 4.72 Å². The van der Waals surface area contributed by atoms with Gasteiger partial charge in [0.15, 0.2) is 0 Å². The fourth-order valence-electron chi connectivity index (χ4n) is 2.49. The van der Waals surface area contributed by atoms with Crippen LogP contribution in [-0.2, 0) is 26.0 Å². The molecule has 2 N–H and O–H groups in total. The molecule has 2 unspecified atom stereocenters. The Hall–Kier alpha value is -1.44. The highest BCUT2D eigenvalue weighted by molar-refractivity contribution is 7.90. The molecule has 2 rings (SSSR count). The Bertz CT molecular complexity index is 581. The molecule has 1 aromatic rings. The zero-order chi connectivity index (χ0) is 16.0. The summed E-state index contributed by atoms with van der Waals surface area (Å²) in [7, 11) is -3.50. The van der Waals surface area contributed by atoms with E-state index in [1.54, 1.807) is 0 Å². The van der Waals surface area contributed by atoms with Crippen LogP contribution in [0.2, 0.25) is 0 Å². The third kappa shape index (κ3) is 5.08. The van der Waals surface area contributed by atoms with Crippen LogP contribution in [0.5, 0.6) is 0 Å². The zero-order valence-electron chi connectivity index (χ0n) is 12.3. The second kappa shape index (κ2) is 7.71. The number of hydrogen-bond acceptors (Lipinski definition) is 4. The van der Waals surface area contributed by atoms with E-state index < -0.39 is 27.3 Å². The molecule has 0 aliphatic carbocycles. The predicted molar refractivity (Wildman–Crippen MR) is 82.1 cm³/mol. The van der Waals surface area contributed by atoms with Crippen LogP contribution in [0.3, 0.4) is 0 Å². The maximum Gasteiger partial charge on any atom is 0.303 e. The van der Waals surface area contributed by atoms with E-state index in [-0.39, 0.29) is 19.4 Å². The highest BCUT2D eigenvalue weighted by atomic mass is 32.2. The summed E-state index contributed by atoms with van der Waals surface area (Å²) in [6.45, 7) is 0.649. The van der Waals surface area contributed by atoms with Crippen LogP contribution in [-0.4, -0.2) is 44.0 Å². The zero-order valence-corrected chi connectivity index (χ0v) is 13.1. The first kappa shape index (κ1) is 16.9. The van der Waals surface area contributed by atoms with Gasteiger partial charge in [-0.25, -0.2) is 13.1 Å². The number of carboxylic acid groups (broad SMARTS) is 1. The monoisotopic (exact) mass is 327 g/mol. The number of carbonyl (C=O) groups is 1. The van der Waals surface area contributed by atoms with Crippen molar-refractivity contribution in [1.82, 2.24) is 4.72 Å². The Morgan fingerprint density at radius 1 is 1.36 bits per heavy atom. The third-order valence-corrected chi connectivity index (χ3v) is 5.60. The van der Waals surface area contributed by atoms with Crippen LogP contribution in [0.4, 0.5) is 0 Å². The van der Waals surface area contributed by atoms with Gasteiger partial charge < -0.3 is 9.84 Å². The van der Waals surface area contributed by atoms with E-state index in [0.29, 0.717) is 19.4 Å². The van der Waals surface area contributed by atoms with Gasteiger partial charge in [-0.2, -0.15) is 0 Å². The molecule has 6 nitrogen and oxygen atoms in total. The van der Waals surface area contributed by atoms with Crippen molar-refractivity contribution in [3.63, 3.8) is 0 Å². The van der Waals surface area contributed by atoms with Crippen molar-refractivity contribution in [2.45, 2.75) is 37.0 Å². The van der Waals surface area contributed by atoms with E-state index >= 15 is 0 Å². The van der Waals surface area contributed by atoms with Crippen molar-refractivity contribution in [1.29, 1.82) is 0 Å². The second-order valence-corrected chi connectivity index (χ2v) is 7.46. The van der Waals surface area contributed by atoms with E-state index in [9.17, 15) is 13.2 Å². The van der Waals surface area contributed by atoms with Gasteiger partial charge in [-0.05, 0) is 24.8 Å². The molecule has 0 radical (unpaired) electrons. The third-order valence-electron chi connectivity index (χ3n) is 3.69. The molecule has 0 bridgehead atoms. The van der Waals surface area contributed by atoms with Crippen molar-refractivity contribution in [2.24, 2.45) is 0 Å². The average molecular weight is 327 g/mol. The van der Waals surface area contributed by atoms with Gasteiger partial charge in [0.05, 0.1) is 6.61 Å². The van der Waals surface area contributed by atoms with Crippen molar-refractivity contribution < 1.29 is 23.1 Å². The van der Waals surface area contributed by atoms with Crippen molar-refractivity contribution >= 4 is 16.0 Å². The average Bonchev–Trinajstić information content (AvgIpc) is 3.00. The fraction of sp³-hybridized carbons (Fsp3) is 0.533. The summed E-state index contributed by atoms with van der Waals surface area (Å²) in [5, 5.41) is 8.30. The SMILES string of the molecule is O=C(O)CCC(Cc1ccccc1)NS(=O)(=O)C1CCOC1. The summed E-state index contributed by atoms with van der Waals surface area (Å²) in [6, 6.07) is 9.02. The topological polar surface area (TPSA) is 92.7 Å². The number of ether oxygens (including phenoxy) is 1. The molecule has 1 saturated heterocycles. The number of hydrogen-bond donors (Lipinski definition) is 2. The molecule has 1 aromatic carbocycles. The molecule has 2 atom stereocenters. The van der Waals surface area contributed by atoms with Gasteiger partial charge in [0.2, 0.25) is 10.0 Å². The van der Waals surface area contributed by atoms with Crippen molar-refractivity contribution in [3.8, 4) is 0 Å². The number of sulfonamides is 1. The van der Waals surface area contributed by atoms with Gasteiger partial charge >= 0.3 is 5.97 Å². The van der Waals surface area contributed by atoms with Gasteiger partial charge in [0.1, 0.15) is 5.25 Å². The van der Waals surface area contributed by atoms with Crippen LogP contribution in [0.25, 0.3) is 0 Å². The lowest BCUT2D eigenvalue weighted by Crippen LogP contribution is -2.42. The van der Waals surface area contributed by atoms with Gasteiger partial charge in [0.25, 0.3) is 0 Å². The van der Waals surface area contributed by atoms with E-state index in [1.807, 2.05) is 30.3 Å². The minimum atomic E-state index is -3.50. The van der Waals surface area contributed by atoms with Crippen molar-refractivity contribution in [2.75, 3.05) is 13.2 Å². The minimum Gasteiger partial charge on any atom is -0.481 e. The summed E-state index contributed by atoms with van der Waals surface area (Å²) in [5.74, 6) is -0.929. The Morgan fingerprint density at radius 3 is 2.68 bits per heavy atom. The largest absolute Gasteiger partial charge is 0.481 e. The molecule has 22 heavy (non-hydrogen) atoms. The van der Waals surface area contributed by atoms with E-state index in [4.69, 9.17) is 9.84 Å². The first-order valence-corrected chi connectivity index (χ1v) is 8.86. The quantitative estimate of drug-likeness (QED) is 0.748. The Morgan fingerprint density at radius 2 is 2.09 bits per heavy atom. The number of carboxylic acids is 1. The number of benzene rings is 1. The molecule has 1 heterocycles. The number of aliphatic carboxylic acids is 1. The lowest BCUT2D eigenvalue weighted by atomic mass is 10.0. The minimum absolute atomic E-state index is 0.0683. The van der Waals surface area contributed by atoms with E-state index in [1.165, 1.54) is 0 Å². The molecule has 1 aliphatic heterocycles. The fourth-order valence-corrected chi connectivity index (χ4v) is 4.03. The summed E-state index contributed by atoms with van der Waals surface area (Å²) in [5.41, 5.74) is 0.975. The van der Waals surface area contributed by atoms with Gasteiger partial charge in [-0.15, -0.1) is 0 Å². The molecule has 7 heteroatoms. The summed E-state index contributed by atoms with van der Waals surface area (Å²) >= 11 is 0. The van der Waals surface area contributed by atoms with E-state index in [0.717, 1.165) is 5.56 Å². The molecular weight excluding hydrogens is 306 g/mol. The number of nitrogens with one attached hydrogen (secondary N) is 1. The first-order valence-electron chi connectivity index (χ1n) is 7.32. The second-order valence-electron chi connectivity index (χ2n) is 5.47. The summed E-state index contributed by atoms with van der Waals surface area (Å²) in [6.07, 6.45) is 1.14. The Kier molecular flexibility index (Phi) is 5.93. The van der Waals surface area contributed by atoms with Crippen LogP contribution in [0.15, 0.2) is 30.3 Å². The van der Waals surface area contributed by atoms with Gasteiger partial charge in [0, 0.05) is 19.1 Å². The lowest BCUT2D eigenvalue weighted by Gasteiger charge is -2.20. The number of rotatable bonds is 8.